The Bertz CT molecular complexity index is 1310. The van der Waals surface area contributed by atoms with Crippen molar-refractivity contribution in [2.45, 2.75) is 6.92 Å². The molecule has 1 amide bonds. The van der Waals surface area contributed by atoms with Gasteiger partial charge in [0.2, 0.25) is 10.0 Å². The molecule has 0 fully saturated rings. The van der Waals surface area contributed by atoms with E-state index in [2.05, 4.69) is 10.0 Å². The van der Waals surface area contributed by atoms with Crippen molar-refractivity contribution in [3.05, 3.63) is 71.6 Å². The zero-order valence-electron chi connectivity index (χ0n) is 18.3. The second kappa shape index (κ2) is 9.58. The molecule has 0 bridgehead atoms. The molecule has 1 heterocycles. The van der Waals surface area contributed by atoms with Gasteiger partial charge in [0.05, 0.1) is 28.7 Å². The molecule has 3 rings (SSSR count). The average molecular weight is 466 g/mol. The lowest BCUT2D eigenvalue weighted by Crippen LogP contribution is -2.33. The normalized spacial score (nSPS) is 15.2. The fourth-order valence-corrected chi connectivity index (χ4v) is 3.74. The molecule has 1 aliphatic heterocycles. The minimum absolute atomic E-state index is 0.0346. The van der Waals surface area contributed by atoms with E-state index in [0.717, 1.165) is 0 Å². The number of rotatable bonds is 7. The number of likely N-dealkylation sites (N-methyl/N-ethyl adjacent to an activating group) is 1. The molecule has 0 saturated carbocycles. The van der Waals surface area contributed by atoms with E-state index in [4.69, 9.17) is 15.4 Å². The number of ether oxygens (including phenoxy) is 1. The van der Waals surface area contributed by atoms with Crippen molar-refractivity contribution in [2.24, 2.45) is 0 Å². The summed E-state index contributed by atoms with van der Waals surface area (Å²) in [6, 6.07) is 13.2. The summed E-state index contributed by atoms with van der Waals surface area (Å²) in [6.45, 7) is 1.53. The number of nitriles is 1. The summed E-state index contributed by atoms with van der Waals surface area (Å²) in [5, 5.41) is 20.4. The van der Waals surface area contributed by atoms with E-state index < -0.39 is 10.0 Å². The lowest BCUT2D eigenvalue weighted by Gasteiger charge is -2.25. The molecule has 170 valence electrons. The maximum Gasteiger partial charge on any atom is 0.261 e. The second-order valence-corrected chi connectivity index (χ2v) is 9.15. The van der Waals surface area contributed by atoms with Crippen molar-refractivity contribution in [3.63, 3.8) is 0 Å². The highest BCUT2D eigenvalue weighted by Crippen LogP contribution is 2.36. The van der Waals surface area contributed by atoms with Crippen LogP contribution < -0.4 is 14.8 Å². The summed E-state index contributed by atoms with van der Waals surface area (Å²) >= 11 is 0. The Morgan fingerprint density at radius 3 is 2.52 bits per heavy atom. The Kier molecular flexibility index (Phi) is 6.84. The summed E-state index contributed by atoms with van der Waals surface area (Å²) < 4.78 is 32.7. The monoisotopic (exact) mass is 465 g/mol. The molecular weight excluding hydrogens is 442 g/mol. The predicted molar refractivity (Wildman–Crippen MR) is 126 cm³/mol. The van der Waals surface area contributed by atoms with E-state index in [9.17, 15) is 13.2 Å². The molecule has 0 saturated heterocycles. The van der Waals surface area contributed by atoms with Crippen molar-refractivity contribution >= 4 is 32.9 Å². The van der Waals surface area contributed by atoms with E-state index in [1.807, 2.05) is 6.07 Å². The average Bonchev–Trinajstić information content (AvgIpc) is 2.80. The lowest BCUT2D eigenvalue weighted by atomic mass is 9.92. The van der Waals surface area contributed by atoms with Crippen LogP contribution in [0.25, 0.3) is 5.57 Å². The van der Waals surface area contributed by atoms with Gasteiger partial charge in [0.15, 0.2) is 0 Å². The highest BCUT2D eigenvalue weighted by molar-refractivity contribution is 7.92. The van der Waals surface area contributed by atoms with Crippen molar-refractivity contribution < 1.29 is 17.9 Å². The Balaban J connectivity index is 2.13. The topological polar surface area (TPSA) is 135 Å². The molecule has 0 aromatic heterocycles. The number of sulfonamides is 1. The van der Waals surface area contributed by atoms with Crippen LogP contribution in [0, 0.1) is 16.7 Å². The number of benzene rings is 2. The Morgan fingerprint density at radius 1 is 1.21 bits per heavy atom. The summed E-state index contributed by atoms with van der Waals surface area (Å²) in [5.74, 6) is 0.351. The van der Waals surface area contributed by atoms with Crippen LogP contribution in [0.3, 0.4) is 0 Å². The van der Waals surface area contributed by atoms with Crippen LogP contribution in [0.1, 0.15) is 18.1 Å². The molecular formula is C23H23N5O4S. The Labute approximate surface area is 192 Å². The number of amides is 1. The number of nitrogens with one attached hydrogen (secondary N) is 3. The molecule has 0 spiro atoms. The number of carbonyl (C=O) groups excluding carboxylic acids is 1. The quantitative estimate of drug-likeness (QED) is 0.538. The first kappa shape index (κ1) is 23.6. The zero-order chi connectivity index (χ0) is 24.2. The summed E-state index contributed by atoms with van der Waals surface area (Å²) in [5.41, 5.74) is 1.69. The van der Waals surface area contributed by atoms with Crippen LogP contribution in [-0.2, 0) is 14.8 Å². The minimum atomic E-state index is -3.53. The van der Waals surface area contributed by atoms with Gasteiger partial charge in [-0.2, -0.15) is 5.26 Å². The molecule has 2 aromatic carbocycles. The van der Waals surface area contributed by atoms with Crippen molar-refractivity contribution in [1.29, 1.82) is 10.7 Å². The highest BCUT2D eigenvalue weighted by Gasteiger charge is 2.29. The summed E-state index contributed by atoms with van der Waals surface area (Å²) in [7, 11) is -0.330. The van der Waals surface area contributed by atoms with Crippen LogP contribution in [0.5, 0.6) is 11.5 Å². The Hall–Kier alpha value is -4.10. The zero-order valence-corrected chi connectivity index (χ0v) is 19.2. The van der Waals surface area contributed by atoms with Gasteiger partial charge in [0.25, 0.3) is 5.91 Å². The maximum atomic E-state index is 12.5. The third-order valence-corrected chi connectivity index (χ3v) is 6.14. The van der Waals surface area contributed by atoms with E-state index >= 15 is 0 Å². The summed E-state index contributed by atoms with van der Waals surface area (Å²) in [4.78, 5) is 13.9. The molecule has 1 aliphatic rings. The van der Waals surface area contributed by atoms with Crippen LogP contribution >= 0.6 is 0 Å². The fourth-order valence-electron chi connectivity index (χ4n) is 3.11. The highest BCUT2D eigenvalue weighted by atomic mass is 32.2. The van der Waals surface area contributed by atoms with Gasteiger partial charge in [-0.15, -0.1) is 0 Å². The largest absolute Gasteiger partial charge is 0.457 e. The first-order valence-corrected chi connectivity index (χ1v) is 11.6. The summed E-state index contributed by atoms with van der Waals surface area (Å²) in [6.07, 6.45) is 2.95. The molecule has 10 heteroatoms. The van der Waals surface area contributed by atoms with Crippen molar-refractivity contribution in [1.82, 2.24) is 10.2 Å². The molecule has 0 aliphatic carbocycles. The molecule has 0 unspecified atom stereocenters. The van der Waals surface area contributed by atoms with Gasteiger partial charge in [0, 0.05) is 43.3 Å². The third-order valence-electron chi connectivity index (χ3n) is 4.84. The van der Waals surface area contributed by atoms with E-state index in [-0.39, 0.29) is 22.9 Å². The molecule has 33 heavy (non-hydrogen) atoms. The van der Waals surface area contributed by atoms with E-state index in [1.165, 1.54) is 24.2 Å². The number of allylic oxidation sites excluding steroid dienone is 1. The number of anilines is 1. The fraction of sp³-hybridized carbons (Fsp3) is 0.174. The number of hydrogen-bond donors (Lipinski definition) is 3. The van der Waals surface area contributed by atoms with Crippen LogP contribution in [-0.4, -0.2) is 44.8 Å². The number of nitrogens with zero attached hydrogens (tertiary/aromatic N) is 2. The molecule has 0 atom stereocenters. The van der Waals surface area contributed by atoms with Gasteiger partial charge in [-0.3, -0.25) is 14.9 Å². The van der Waals surface area contributed by atoms with Crippen molar-refractivity contribution in [2.75, 3.05) is 24.6 Å². The van der Waals surface area contributed by atoms with Gasteiger partial charge < -0.3 is 15.0 Å². The molecule has 9 nitrogen and oxygen atoms in total. The van der Waals surface area contributed by atoms with Crippen LogP contribution in [0.15, 0.2) is 60.4 Å². The second-order valence-electron chi connectivity index (χ2n) is 7.14. The van der Waals surface area contributed by atoms with Gasteiger partial charge in [-0.25, -0.2) is 8.42 Å². The van der Waals surface area contributed by atoms with Gasteiger partial charge >= 0.3 is 0 Å². The van der Waals surface area contributed by atoms with Crippen LogP contribution in [0.2, 0.25) is 0 Å². The van der Waals surface area contributed by atoms with E-state index in [0.29, 0.717) is 33.9 Å². The predicted octanol–water partition coefficient (Wildman–Crippen LogP) is 3.05. The lowest BCUT2D eigenvalue weighted by molar-refractivity contribution is -0.123. The van der Waals surface area contributed by atoms with Gasteiger partial charge in [-0.05, 0) is 49.4 Å². The molecule has 0 radical (unpaired) electrons. The Morgan fingerprint density at radius 2 is 1.91 bits per heavy atom. The van der Waals surface area contributed by atoms with Crippen LogP contribution in [0.4, 0.5) is 5.69 Å². The third kappa shape index (κ3) is 5.22. The molecule has 3 N–H and O–H groups in total. The smallest absolute Gasteiger partial charge is 0.261 e. The van der Waals surface area contributed by atoms with Gasteiger partial charge in [-0.1, -0.05) is 0 Å². The standard InChI is InChI=1S/C23H23N5O4S/c1-4-33(30,31)27-16-7-10-21(32-17-8-5-15(12-24)6-9-17)18(11-16)20-14-28(3)23(29)19(13-26-2)22(20)25/h5-11,13-14,25-27H,4H2,1-3H3/b19-13+,25-22?. The minimum Gasteiger partial charge on any atom is -0.457 e. The molecule has 2 aromatic rings. The van der Waals surface area contributed by atoms with Crippen molar-refractivity contribution in [3.8, 4) is 17.6 Å². The maximum absolute atomic E-state index is 12.5. The first-order valence-electron chi connectivity index (χ1n) is 9.97. The van der Waals surface area contributed by atoms with E-state index in [1.54, 1.807) is 56.6 Å². The number of hydrogen-bond acceptors (Lipinski definition) is 7. The van der Waals surface area contributed by atoms with Gasteiger partial charge in [0.1, 0.15) is 11.5 Å². The number of carbonyl (C=O) groups is 1. The first-order chi connectivity index (χ1) is 15.7. The SMILES string of the molecule is CCS(=O)(=O)Nc1ccc(Oc2ccc(C#N)cc2)c(C2=CN(C)C(=O)/C(=C/NC)C2=N)c1.